The first-order chi connectivity index (χ1) is 7.93. The van der Waals surface area contributed by atoms with Gasteiger partial charge in [-0.25, -0.2) is 4.98 Å². The minimum absolute atomic E-state index is 0.601. The van der Waals surface area contributed by atoms with Gasteiger partial charge in [0.05, 0.1) is 0 Å². The molecule has 1 aromatic heterocycles. The van der Waals surface area contributed by atoms with Crippen molar-refractivity contribution < 1.29 is 0 Å². The van der Waals surface area contributed by atoms with Gasteiger partial charge in [-0.05, 0) is 38.8 Å². The summed E-state index contributed by atoms with van der Waals surface area (Å²) in [6, 6.07) is 0. The number of nitrogens with one attached hydrogen (secondary N) is 2. The molecule has 0 unspecified atom stereocenters. The lowest BCUT2D eigenvalue weighted by Gasteiger charge is -2.19. The number of aromatic nitrogens is 3. The second kappa shape index (κ2) is 4.53. The molecule has 1 aliphatic heterocycles. The van der Waals surface area contributed by atoms with E-state index in [1.807, 2.05) is 0 Å². The van der Waals surface area contributed by atoms with Crippen LogP contribution in [-0.2, 0) is 0 Å². The summed E-state index contributed by atoms with van der Waals surface area (Å²) in [4.78, 5) is 4.72. The van der Waals surface area contributed by atoms with Gasteiger partial charge in [-0.1, -0.05) is 12.8 Å². The van der Waals surface area contributed by atoms with E-state index in [0.29, 0.717) is 11.8 Å². The molecule has 1 saturated heterocycles. The van der Waals surface area contributed by atoms with Crippen molar-refractivity contribution >= 4 is 0 Å². The topological polar surface area (TPSA) is 53.6 Å². The fourth-order valence-corrected chi connectivity index (χ4v) is 2.93. The number of H-pyrrole nitrogens is 1. The van der Waals surface area contributed by atoms with Crippen molar-refractivity contribution in [2.45, 2.75) is 50.4 Å². The molecular weight excluding hydrogens is 200 g/mol. The molecular formula is C12H20N4. The minimum atomic E-state index is 0.601. The molecule has 4 heteroatoms. The van der Waals surface area contributed by atoms with Gasteiger partial charge in [-0.15, -0.1) is 0 Å². The van der Waals surface area contributed by atoms with Crippen molar-refractivity contribution in [3.63, 3.8) is 0 Å². The van der Waals surface area contributed by atoms with E-state index < -0.39 is 0 Å². The fourth-order valence-electron chi connectivity index (χ4n) is 2.93. The Balaban J connectivity index is 1.71. The summed E-state index contributed by atoms with van der Waals surface area (Å²) in [7, 11) is 0. The van der Waals surface area contributed by atoms with Gasteiger partial charge < -0.3 is 5.32 Å². The third-order valence-electron chi connectivity index (χ3n) is 3.97. The van der Waals surface area contributed by atoms with Crippen molar-refractivity contribution in [2.24, 2.45) is 0 Å². The molecule has 88 valence electrons. The summed E-state index contributed by atoms with van der Waals surface area (Å²) in [5, 5.41) is 11.0. The van der Waals surface area contributed by atoms with Crippen LogP contribution in [-0.4, -0.2) is 28.3 Å². The Morgan fingerprint density at radius 3 is 2.44 bits per heavy atom. The Kier molecular flexibility index (Phi) is 2.91. The maximum absolute atomic E-state index is 4.72. The lowest BCUT2D eigenvalue weighted by atomic mass is 9.97. The number of hydrogen-bond acceptors (Lipinski definition) is 3. The second-order valence-corrected chi connectivity index (χ2v) is 5.08. The standard InChI is InChI=1S/C12H20N4/c1-2-4-9(3-1)11-14-12(16-15-11)10-5-7-13-8-6-10/h9-10,13H,1-8H2,(H,14,15,16). The van der Waals surface area contributed by atoms with Crippen LogP contribution < -0.4 is 5.32 Å². The molecule has 16 heavy (non-hydrogen) atoms. The summed E-state index contributed by atoms with van der Waals surface area (Å²) in [6.45, 7) is 2.23. The van der Waals surface area contributed by atoms with Crippen molar-refractivity contribution in [1.82, 2.24) is 20.5 Å². The van der Waals surface area contributed by atoms with E-state index in [9.17, 15) is 0 Å². The predicted octanol–water partition coefficient (Wildman–Crippen LogP) is 1.93. The Morgan fingerprint density at radius 2 is 1.69 bits per heavy atom. The first-order valence-corrected chi connectivity index (χ1v) is 6.56. The summed E-state index contributed by atoms with van der Waals surface area (Å²) in [5.74, 6) is 3.44. The molecule has 1 aromatic rings. The summed E-state index contributed by atoms with van der Waals surface area (Å²) in [5.41, 5.74) is 0. The molecule has 0 radical (unpaired) electrons. The number of aromatic amines is 1. The maximum atomic E-state index is 4.72. The zero-order valence-electron chi connectivity index (χ0n) is 9.71. The van der Waals surface area contributed by atoms with Crippen LogP contribution in [0.4, 0.5) is 0 Å². The molecule has 1 saturated carbocycles. The van der Waals surface area contributed by atoms with Gasteiger partial charge in [-0.2, -0.15) is 5.10 Å². The fraction of sp³-hybridized carbons (Fsp3) is 0.833. The minimum Gasteiger partial charge on any atom is -0.317 e. The van der Waals surface area contributed by atoms with Crippen LogP contribution in [0.25, 0.3) is 0 Å². The van der Waals surface area contributed by atoms with Gasteiger partial charge in [0, 0.05) is 11.8 Å². The highest BCUT2D eigenvalue weighted by Crippen LogP contribution is 2.33. The van der Waals surface area contributed by atoms with Gasteiger partial charge >= 0.3 is 0 Å². The Morgan fingerprint density at radius 1 is 0.938 bits per heavy atom. The zero-order chi connectivity index (χ0) is 10.8. The molecule has 0 spiro atoms. The van der Waals surface area contributed by atoms with Crippen molar-refractivity contribution in [3.8, 4) is 0 Å². The zero-order valence-corrected chi connectivity index (χ0v) is 9.71. The van der Waals surface area contributed by atoms with E-state index in [0.717, 1.165) is 24.7 Å². The first-order valence-electron chi connectivity index (χ1n) is 6.56. The van der Waals surface area contributed by atoms with Crippen LogP contribution >= 0.6 is 0 Å². The van der Waals surface area contributed by atoms with Crippen molar-refractivity contribution in [1.29, 1.82) is 0 Å². The Labute approximate surface area is 96.2 Å². The molecule has 4 nitrogen and oxygen atoms in total. The van der Waals surface area contributed by atoms with E-state index in [2.05, 4.69) is 15.5 Å². The highest BCUT2D eigenvalue weighted by atomic mass is 15.2. The average molecular weight is 220 g/mol. The third kappa shape index (κ3) is 1.98. The molecule has 2 fully saturated rings. The molecule has 2 N–H and O–H groups in total. The van der Waals surface area contributed by atoms with Gasteiger partial charge in [0.15, 0.2) is 5.82 Å². The molecule has 1 aliphatic carbocycles. The maximum Gasteiger partial charge on any atom is 0.153 e. The van der Waals surface area contributed by atoms with Crippen LogP contribution in [0.15, 0.2) is 0 Å². The monoisotopic (exact) mass is 220 g/mol. The van der Waals surface area contributed by atoms with Crippen LogP contribution in [0, 0.1) is 0 Å². The molecule has 2 heterocycles. The molecule has 2 aliphatic rings. The third-order valence-corrected chi connectivity index (χ3v) is 3.97. The number of piperidine rings is 1. The van der Waals surface area contributed by atoms with Crippen LogP contribution in [0.1, 0.15) is 62.0 Å². The van der Waals surface area contributed by atoms with Crippen molar-refractivity contribution in [2.75, 3.05) is 13.1 Å². The molecule has 0 amide bonds. The number of hydrogen-bond donors (Lipinski definition) is 2. The normalized spacial score (nSPS) is 24.0. The SMILES string of the molecule is C1CCC(c2n[nH]c(C3CCNCC3)n2)C1. The molecule has 0 atom stereocenters. The van der Waals surface area contributed by atoms with Crippen LogP contribution in [0.3, 0.4) is 0 Å². The largest absolute Gasteiger partial charge is 0.317 e. The predicted molar refractivity (Wildman–Crippen MR) is 62.4 cm³/mol. The molecule has 0 bridgehead atoms. The number of rotatable bonds is 2. The van der Waals surface area contributed by atoms with Gasteiger partial charge in [0.2, 0.25) is 0 Å². The van der Waals surface area contributed by atoms with E-state index >= 15 is 0 Å². The number of nitrogens with zero attached hydrogens (tertiary/aromatic N) is 2. The van der Waals surface area contributed by atoms with E-state index in [4.69, 9.17) is 4.98 Å². The van der Waals surface area contributed by atoms with Crippen molar-refractivity contribution in [3.05, 3.63) is 11.6 Å². The average Bonchev–Trinajstić information content (AvgIpc) is 3.01. The Bertz CT molecular complexity index is 335. The highest BCUT2D eigenvalue weighted by molar-refractivity contribution is 5.04. The van der Waals surface area contributed by atoms with Gasteiger partial charge in [0.1, 0.15) is 5.82 Å². The van der Waals surface area contributed by atoms with Crippen LogP contribution in [0.2, 0.25) is 0 Å². The summed E-state index contributed by atoms with van der Waals surface area (Å²) in [6.07, 6.45) is 7.65. The molecule has 0 aromatic carbocycles. The van der Waals surface area contributed by atoms with Crippen LogP contribution in [0.5, 0.6) is 0 Å². The van der Waals surface area contributed by atoms with Gasteiger partial charge in [-0.3, -0.25) is 5.10 Å². The van der Waals surface area contributed by atoms with Gasteiger partial charge in [0.25, 0.3) is 0 Å². The first kappa shape index (κ1) is 10.3. The quantitative estimate of drug-likeness (QED) is 0.800. The highest BCUT2D eigenvalue weighted by Gasteiger charge is 2.24. The van der Waals surface area contributed by atoms with E-state index in [1.165, 1.54) is 38.5 Å². The summed E-state index contributed by atoms with van der Waals surface area (Å²) >= 11 is 0. The Hall–Kier alpha value is -0.900. The lowest BCUT2D eigenvalue weighted by Crippen LogP contribution is -2.27. The lowest BCUT2D eigenvalue weighted by molar-refractivity contribution is 0.445. The molecule has 3 rings (SSSR count). The second-order valence-electron chi connectivity index (χ2n) is 5.08. The van der Waals surface area contributed by atoms with E-state index in [1.54, 1.807) is 0 Å². The van der Waals surface area contributed by atoms with E-state index in [-0.39, 0.29) is 0 Å². The summed E-state index contributed by atoms with van der Waals surface area (Å²) < 4.78 is 0. The smallest absolute Gasteiger partial charge is 0.153 e.